The van der Waals surface area contributed by atoms with Crippen molar-refractivity contribution in [1.29, 1.82) is 0 Å². The van der Waals surface area contributed by atoms with Gasteiger partial charge in [0, 0.05) is 55.1 Å². The molecule has 0 saturated heterocycles. The molecule has 10 rings (SSSR count). The van der Waals surface area contributed by atoms with Crippen LogP contribution < -0.4 is 25.6 Å². The molecule has 1 amide bonds. The third kappa shape index (κ3) is 10.2. The SMILES string of the molecule is CCOC(=O)c1cn(C2CC2)c2c(OC)c(-c3cc4c(s3)CC(C)(C)CC4)ccc2c1=O.CCOC(=O)c1cn(C2CC2)c2c(OC)c(-c3cc4c(s3)CC(C)(C)CC4NC(=O)OC(C)(C)C)ccc2c1=O. The highest BCUT2D eigenvalue weighted by Gasteiger charge is 2.37. The summed E-state index contributed by atoms with van der Waals surface area (Å²) >= 11 is 3.52. The van der Waals surface area contributed by atoms with E-state index in [1.807, 2.05) is 54.9 Å². The predicted octanol–water partition coefficient (Wildman–Crippen LogP) is 12.6. The standard InChI is InChI=1S/C31H38N2O6S.C26H29NO4S/c1-8-38-28(35)21-16-33(17-9-10-17)25-19(26(21)34)12-11-18(27(25)37-7)23-13-20-22(32-29(36)39-30(2,3)4)14-31(5,6)15-24(20)40-23;1-5-31-25(29)19-14-27(16-6-7-16)22-18(23(19)28)9-8-17(24(22)30-4)20-12-15-10-11-26(2,3)13-21(15)32-20/h11-13,16-17,22H,8-10,14-15H2,1-7H3,(H,32,36);8-9,12,14,16H,5-7,10-11,13H2,1-4H3. The van der Waals surface area contributed by atoms with Gasteiger partial charge < -0.3 is 38.1 Å². The smallest absolute Gasteiger partial charge is 0.408 e. The molecule has 1 atom stereocenters. The normalized spacial score (nSPS) is 17.8. The van der Waals surface area contributed by atoms with Crippen molar-refractivity contribution in [3.05, 3.63) is 101 Å². The van der Waals surface area contributed by atoms with Crippen molar-refractivity contribution in [3.63, 3.8) is 0 Å². The van der Waals surface area contributed by atoms with Crippen LogP contribution in [0, 0.1) is 10.8 Å². The first-order chi connectivity index (χ1) is 34.1. The van der Waals surface area contributed by atoms with E-state index in [0.717, 1.165) is 78.5 Å². The molecule has 0 aliphatic heterocycles. The topological polar surface area (TPSA) is 153 Å². The Morgan fingerprint density at radius 3 is 1.67 bits per heavy atom. The molecule has 4 aliphatic carbocycles. The van der Waals surface area contributed by atoms with Crippen LogP contribution in [0.2, 0.25) is 0 Å². The number of carbonyl (C=O) groups excluding carboxylic acids is 3. The van der Waals surface area contributed by atoms with Crippen LogP contribution in [-0.2, 0) is 33.5 Å². The fourth-order valence-electron chi connectivity index (χ4n) is 10.3. The second-order valence-corrected chi connectivity index (χ2v) is 24.5. The first kappa shape index (κ1) is 51.0. The molecule has 15 heteroatoms. The van der Waals surface area contributed by atoms with E-state index in [2.05, 4.69) is 49.7 Å². The molecule has 2 saturated carbocycles. The van der Waals surface area contributed by atoms with Crippen LogP contribution in [0.15, 0.2) is 58.4 Å². The second kappa shape index (κ2) is 19.5. The molecule has 4 aliphatic rings. The first-order valence-electron chi connectivity index (χ1n) is 25.2. The molecular formula is C57H67N3O10S2. The Morgan fingerprint density at radius 1 is 0.708 bits per heavy atom. The number of ether oxygens (including phenoxy) is 5. The lowest BCUT2D eigenvalue weighted by molar-refractivity contribution is 0.0481. The zero-order valence-electron chi connectivity index (χ0n) is 43.4. The first-order valence-corrected chi connectivity index (χ1v) is 26.9. The van der Waals surface area contributed by atoms with E-state index in [4.69, 9.17) is 23.7 Å². The monoisotopic (exact) mass is 1020 g/mol. The van der Waals surface area contributed by atoms with Crippen LogP contribution >= 0.6 is 22.7 Å². The lowest BCUT2D eigenvalue weighted by Gasteiger charge is -2.35. The van der Waals surface area contributed by atoms with Crippen LogP contribution in [0.5, 0.6) is 11.5 Å². The number of esters is 2. The lowest BCUT2D eigenvalue weighted by atomic mass is 9.75. The molecule has 4 aromatic heterocycles. The quantitative estimate of drug-likeness (QED) is 0.0980. The molecule has 1 unspecified atom stereocenters. The molecule has 13 nitrogen and oxygen atoms in total. The zero-order chi connectivity index (χ0) is 51.6. The summed E-state index contributed by atoms with van der Waals surface area (Å²) in [5, 5.41) is 4.04. The second-order valence-electron chi connectivity index (χ2n) is 22.2. The van der Waals surface area contributed by atoms with Crippen molar-refractivity contribution in [2.75, 3.05) is 27.4 Å². The van der Waals surface area contributed by atoms with Crippen molar-refractivity contribution in [2.45, 2.75) is 144 Å². The highest BCUT2D eigenvalue weighted by atomic mass is 32.1. The number of methoxy groups -OCH3 is 2. The Kier molecular flexibility index (Phi) is 13.8. The number of aryl methyl sites for hydroxylation is 1. The molecule has 1 N–H and O–H groups in total. The average Bonchev–Trinajstić information content (AvgIpc) is 4.25. The summed E-state index contributed by atoms with van der Waals surface area (Å²) in [4.78, 5) is 69.2. The van der Waals surface area contributed by atoms with Gasteiger partial charge in [-0.25, -0.2) is 14.4 Å². The minimum absolute atomic E-state index is 0.00176. The lowest BCUT2D eigenvalue weighted by Crippen LogP contribution is -2.38. The molecular weight excluding hydrogens is 951 g/mol. The van der Waals surface area contributed by atoms with E-state index in [1.54, 1.807) is 57.9 Å². The van der Waals surface area contributed by atoms with Crippen LogP contribution in [0.25, 0.3) is 42.7 Å². The number of carbonyl (C=O) groups is 3. The van der Waals surface area contributed by atoms with Crippen molar-refractivity contribution >= 4 is 62.5 Å². The molecule has 72 heavy (non-hydrogen) atoms. The Hall–Kier alpha value is -5.93. The number of aromatic nitrogens is 2. The molecule has 0 spiro atoms. The summed E-state index contributed by atoms with van der Waals surface area (Å²) in [5.41, 5.74) is 5.10. The predicted molar refractivity (Wildman–Crippen MR) is 285 cm³/mol. The Balaban J connectivity index is 0.000000182. The van der Waals surface area contributed by atoms with E-state index >= 15 is 0 Å². The van der Waals surface area contributed by atoms with Crippen LogP contribution in [0.4, 0.5) is 4.79 Å². The number of alkyl carbamates (subject to hydrolysis) is 1. The number of amides is 1. The maximum absolute atomic E-state index is 13.4. The van der Waals surface area contributed by atoms with Crippen LogP contribution in [0.1, 0.15) is 161 Å². The number of hydrogen-bond acceptors (Lipinski definition) is 12. The number of fused-ring (bicyclic) bond motifs is 4. The summed E-state index contributed by atoms with van der Waals surface area (Å²) in [6.07, 6.45) is 11.9. The molecule has 0 bridgehead atoms. The maximum Gasteiger partial charge on any atom is 0.408 e. The minimum Gasteiger partial charge on any atom is -0.494 e. The van der Waals surface area contributed by atoms with Gasteiger partial charge in [-0.2, -0.15) is 0 Å². The minimum atomic E-state index is -0.607. The van der Waals surface area contributed by atoms with Gasteiger partial charge in [0.2, 0.25) is 10.9 Å². The Labute approximate surface area is 428 Å². The van der Waals surface area contributed by atoms with Gasteiger partial charge in [0.1, 0.15) is 16.7 Å². The van der Waals surface area contributed by atoms with Crippen LogP contribution in [-0.4, -0.2) is 60.2 Å². The molecule has 2 fully saturated rings. The molecule has 382 valence electrons. The van der Waals surface area contributed by atoms with E-state index in [9.17, 15) is 24.0 Å². The zero-order valence-corrected chi connectivity index (χ0v) is 45.1. The van der Waals surface area contributed by atoms with E-state index in [-0.39, 0.29) is 58.7 Å². The van der Waals surface area contributed by atoms with Crippen molar-refractivity contribution in [3.8, 4) is 32.4 Å². The molecule has 6 aromatic rings. The van der Waals surface area contributed by atoms with Gasteiger partial charge in [-0.05, 0) is 151 Å². The summed E-state index contributed by atoms with van der Waals surface area (Å²) in [7, 11) is 3.28. The number of nitrogens with zero attached hydrogens (tertiary/aromatic N) is 2. The summed E-state index contributed by atoms with van der Waals surface area (Å²) in [6, 6.07) is 12.2. The van der Waals surface area contributed by atoms with Gasteiger partial charge in [0.15, 0.2) is 11.5 Å². The van der Waals surface area contributed by atoms with Gasteiger partial charge in [0.05, 0.1) is 55.3 Å². The van der Waals surface area contributed by atoms with Gasteiger partial charge in [-0.1, -0.05) is 27.7 Å². The van der Waals surface area contributed by atoms with E-state index in [0.29, 0.717) is 33.2 Å². The van der Waals surface area contributed by atoms with Gasteiger partial charge in [0.25, 0.3) is 0 Å². The van der Waals surface area contributed by atoms with E-state index < -0.39 is 23.6 Å². The summed E-state index contributed by atoms with van der Waals surface area (Å²) in [6.45, 7) is 18.6. The molecule has 2 aromatic carbocycles. The highest BCUT2D eigenvalue weighted by molar-refractivity contribution is 7.16. The number of nitrogens with one attached hydrogen (secondary N) is 1. The largest absolute Gasteiger partial charge is 0.494 e. The van der Waals surface area contributed by atoms with Gasteiger partial charge >= 0.3 is 18.0 Å². The van der Waals surface area contributed by atoms with Gasteiger partial charge in [-0.3, -0.25) is 9.59 Å². The van der Waals surface area contributed by atoms with Crippen molar-refractivity contribution < 1.29 is 38.1 Å². The fourth-order valence-corrected chi connectivity index (χ4v) is 13.3. The Morgan fingerprint density at radius 2 is 1.19 bits per heavy atom. The number of pyridine rings is 2. The molecule has 0 radical (unpaired) electrons. The van der Waals surface area contributed by atoms with Crippen molar-refractivity contribution in [1.82, 2.24) is 14.5 Å². The number of rotatable bonds is 11. The third-order valence-corrected chi connectivity index (χ3v) is 16.4. The van der Waals surface area contributed by atoms with Crippen molar-refractivity contribution in [2.24, 2.45) is 10.8 Å². The number of benzene rings is 2. The van der Waals surface area contributed by atoms with Gasteiger partial charge in [-0.15, -0.1) is 22.7 Å². The third-order valence-electron chi connectivity index (χ3n) is 14.0. The van der Waals surface area contributed by atoms with Crippen LogP contribution in [0.3, 0.4) is 0 Å². The molecule has 4 heterocycles. The average molecular weight is 1020 g/mol. The highest BCUT2D eigenvalue weighted by Crippen LogP contribution is 2.51. The number of hydrogen-bond donors (Lipinski definition) is 1. The summed E-state index contributed by atoms with van der Waals surface area (Å²) < 4.78 is 31.9. The summed E-state index contributed by atoms with van der Waals surface area (Å²) in [5.74, 6) is 0.139. The van der Waals surface area contributed by atoms with E-state index in [1.165, 1.54) is 26.6 Å². The fraction of sp³-hybridized carbons (Fsp3) is 0.491. The Bertz CT molecular complexity index is 3250. The number of thiophene rings is 2. The maximum atomic E-state index is 13.4.